The summed E-state index contributed by atoms with van der Waals surface area (Å²) in [5.41, 5.74) is 12.6. The van der Waals surface area contributed by atoms with Gasteiger partial charge in [-0.2, -0.15) is 0 Å². The van der Waals surface area contributed by atoms with Crippen LogP contribution in [0.3, 0.4) is 0 Å². The highest BCUT2D eigenvalue weighted by Gasteiger charge is 2.15. The van der Waals surface area contributed by atoms with Crippen molar-refractivity contribution in [3.05, 3.63) is 148 Å². The van der Waals surface area contributed by atoms with Crippen molar-refractivity contribution in [3.63, 3.8) is 0 Å². The van der Waals surface area contributed by atoms with Crippen molar-refractivity contribution in [1.82, 2.24) is 0 Å². The minimum Gasteiger partial charge on any atom is -0.294 e. The average Bonchev–Trinajstić information content (AvgIpc) is 3.93. The molecular weight excluding hydrogens is 809 g/mol. The molecule has 8 rings (SSSR count). The molecule has 0 saturated carbocycles. The number of carbonyl (C=O) groups excluding carboxylic acids is 1. The molecule has 0 saturated heterocycles. The Kier molecular flexibility index (Phi) is 61.6. The third-order valence-corrected chi connectivity index (χ3v) is 8.53. The van der Waals surface area contributed by atoms with Crippen LogP contribution in [0.2, 0.25) is 0 Å². The number of hydrogen-bond acceptors (Lipinski definition) is 1. The first-order chi connectivity index (χ1) is 30.6. The van der Waals surface area contributed by atoms with Crippen LogP contribution in [-0.4, -0.2) is 5.78 Å². The molecule has 388 valence electrons. The number of ketones is 1. The molecule has 1 heteroatoms. The second-order valence-corrected chi connectivity index (χ2v) is 18.2. The molecule has 0 heterocycles. The molecule has 4 aliphatic carbocycles. The lowest BCUT2D eigenvalue weighted by Gasteiger charge is -2.13. The summed E-state index contributed by atoms with van der Waals surface area (Å²) in [5.74, 6) is 3.65. The number of rotatable bonds is 0. The van der Waals surface area contributed by atoms with Gasteiger partial charge in [0.25, 0.3) is 0 Å². The fourth-order valence-electron chi connectivity index (χ4n) is 6.28. The smallest absolute Gasteiger partial charge is 0.163 e. The lowest BCUT2D eigenvalue weighted by Crippen LogP contribution is -2.09. The van der Waals surface area contributed by atoms with Crippen LogP contribution in [0.4, 0.5) is 0 Å². The monoisotopic (exact) mass is 927 g/mol. The number of fused-ring (bicyclic) bond motifs is 4. The van der Waals surface area contributed by atoms with Gasteiger partial charge < -0.3 is 0 Å². The van der Waals surface area contributed by atoms with E-state index in [2.05, 4.69) is 162 Å². The summed E-state index contributed by atoms with van der Waals surface area (Å²) >= 11 is 0. The molecule has 0 unspecified atom stereocenters. The quantitative estimate of drug-likeness (QED) is 0.172. The van der Waals surface area contributed by atoms with Crippen LogP contribution in [0.5, 0.6) is 0 Å². The fraction of sp³-hybridized carbons (Fsp3) is 0.591. The number of allylic oxidation sites excluding steroid dienone is 1. The van der Waals surface area contributed by atoms with E-state index in [1.807, 2.05) is 79.7 Å². The number of benzene rings is 4. The maximum Gasteiger partial charge on any atom is 0.163 e. The fourth-order valence-corrected chi connectivity index (χ4v) is 6.28. The van der Waals surface area contributed by atoms with Crippen LogP contribution in [0, 0.1) is 23.7 Å². The highest BCUT2D eigenvalue weighted by atomic mass is 16.1. The molecule has 67 heavy (non-hydrogen) atoms. The van der Waals surface area contributed by atoms with Crippen LogP contribution < -0.4 is 0 Å². The lowest BCUT2D eigenvalue weighted by atomic mass is 9.91. The van der Waals surface area contributed by atoms with Gasteiger partial charge in [0.05, 0.1) is 0 Å². The predicted octanol–water partition coefficient (Wildman–Crippen LogP) is 22.3. The Balaban J connectivity index is -0.000000123. The van der Waals surface area contributed by atoms with Gasteiger partial charge >= 0.3 is 0 Å². The first kappa shape index (κ1) is 77.5. The van der Waals surface area contributed by atoms with Crippen molar-refractivity contribution in [3.8, 4) is 0 Å². The summed E-state index contributed by atoms with van der Waals surface area (Å²) in [5, 5.41) is 0. The van der Waals surface area contributed by atoms with Gasteiger partial charge in [-0.1, -0.05) is 264 Å². The van der Waals surface area contributed by atoms with Crippen molar-refractivity contribution in [2.75, 3.05) is 0 Å². The number of carbonyl (C=O) groups is 1. The summed E-state index contributed by atoms with van der Waals surface area (Å²) in [6.45, 7) is 46.0. The number of aryl methyl sites for hydroxylation is 6. The molecule has 0 aromatic heterocycles. The van der Waals surface area contributed by atoms with E-state index in [0.29, 0.717) is 5.78 Å². The molecule has 4 aliphatic rings. The van der Waals surface area contributed by atoms with Crippen molar-refractivity contribution < 1.29 is 4.79 Å². The van der Waals surface area contributed by atoms with E-state index in [-0.39, 0.29) is 22.3 Å². The van der Waals surface area contributed by atoms with Crippen LogP contribution in [0.15, 0.2) is 104 Å². The van der Waals surface area contributed by atoms with Gasteiger partial charge in [0.2, 0.25) is 0 Å². The van der Waals surface area contributed by atoms with Gasteiger partial charge in [-0.05, 0) is 139 Å². The normalized spacial score (nSPS) is 12.0. The summed E-state index contributed by atoms with van der Waals surface area (Å²) in [6.07, 6.45) is 14.5. The minimum atomic E-state index is 0. The highest BCUT2D eigenvalue weighted by molar-refractivity contribution is 5.98. The van der Waals surface area contributed by atoms with E-state index >= 15 is 0 Å². The molecule has 0 bridgehead atoms. The van der Waals surface area contributed by atoms with E-state index in [1.54, 1.807) is 22.3 Å². The van der Waals surface area contributed by atoms with Crippen LogP contribution in [0.25, 0.3) is 5.57 Å². The van der Waals surface area contributed by atoms with Crippen molar-refractivity contribution in [2.45, 2.75) is 238 Å². The topological polar surface area (TPSA) is 17.1 Å². The summed E-state index contributed by atoms with van der Waals surface area (Å²) in [7, 11) is 0. The Labute approximate surface area is 423 Å². The van der Waals surface area contributed by atoms with E-state index in [9.17, 15) is 4.79 Å². The Bertz CT molecular complexity index is 1550. The van der Waals surface area contributed by atoms with Crippen molar-refractivity contribution >= 4 is 11.4 Å². The van der Waals surface area contributed by atoms with Crippen molar-refractivity contribution in [1.29, 1.82) is 0 Å². The second kappa shape index (κ2) is 53.2. The second-order valence-electron chi connectivity index (χ2n) is 18.2. The lowest BCUT2D eigenvalue weighted by molar-refractivity contribution is 0.0972. The van der Waals surface area contributed by atoms with Gasteiger partial charge in [-0.15, -0.1) is 0 Å². The largest absolute Gasteiger partial charge is 0.294 e. The summed E-state index contributed by atoms with van der Waals surface area (Å²) in [4.78, 5) is 11.3. The Hall–Kier alpha value is -3.71. The van der Waals surface area contributed by atoms with Crippen LogP contribution in [0.1, 0.15) is 249 Å². The van der Waals surface area contributed by atoms with E-state index in [1.165, 1.54) is 73.6 Å². The molecule has 0 aliphatic heterocycles. The van der Waals surface area contributed by atoms with Gasteiger partial charge in [-0.25, -0.2) is 0 Å². The third-order valence-electron chi connectivity index (χ3n) is 8.53. The van der Waals surface area contributed by atoms with Crippen LogP contribution >= 0.6 is 0 Å². The predicted molar refractivity (Wildman–Crippen MR) is 317 cm³/mol. The zero-order valence-electron chi connectivity index (χ0n) is 46.1. The molecule has 4 aromatic carbocycles. The average molecular weight is 928 g/mol. The number of Topliss-reactive ketones (excluding diaryl/α,β-unsaturated/α-hetero) is 1. The third kappa shape index (κ3) is 43.3. The SMILES string of the molecule is C.C.C.C=C1CCc2ccccc21.CC.CC.CC.CC.CC(C)C.CC(C)C.CC(C)C.CC(C)C.O=C1CCCc2ccccc21.c1ccc2c(c1)CCC2.c1ccc2c(c1)CCCC2. The zero-order chi connectivity index (χ0) is 49.9. The van der Waals surface area contributed by atoms with Crippen LogP contribution in [-0.2, 0) is 38.5 Å². The van der Waals surface area contributed by atoms with E-state index in [4.69, 9.17) is 0 Å². The van der Waals surface area contributed by atoms with Crippen molar-refractivity contribution in [2.24, 2.45) is 23.7 Å². The van der Waals surface area contributed by atoms with Gasteiger partial charge in [-0.3, -0.25) is 4.79 Å². The molecule has 4 aromatic rings. The Morgan fingerprint density at radius 2 is 0.537 bits per heavy atom. The van der Waals surface area contributed by atoms with Gasteiger partial charge in [0, 0.05) is 12.0 Å². The molecule has 0 radical (unpaired) electrons. The molecule has 0 fully saturated rings. The molecule has 0 spiro atoms. The maximum absolute atomic E-state index is 11.3. The van der Waals surface area contributed by atoms with Gasteiger partial charge in [0.15, 0.2) is 5.78 Å². The highest BCUT2D eigenvalue weighted by Crippen LogP contribution is 2.29. The van der Waals surface area contributed by atoms with E-state index in [0.717, 1.165) is 54.9 Å². The molecule has 0 atom stereocenters. The molecule has 0 amide bonds. The van der Waals surface area contributed by atoms with E-state index < -0.39 is 0 Å². The summed E-state index contributed by atoms with van der Waals surface area (Å²) in [6, 6.07) is 34.0. The molecular formula is C66H118O. The summed E-state index contributed by atoms with van der Waals surface area (Å²) < 4.78 is 0. The maximum atomic E-state index is 11.3. The molecule has 0 N–H and O–H groups in total. The standard InChI is InChI=1S/C10H10O.C10H10.C10H12.C9H10.4C4H10.4C2H6.3CH4/c11-10-7-3-5-8-4-1-2-6-9(8)10;1-8-6-7-9-4-2-3-5-10(8)9;1-2-6-10-8-4-3-7-9(10)5-1;1-2-5-9-7-3-6-8(9)4-1;4*1-4(2)3;4*1-2;;;/h1-2,4,6H,3,5,7H2;2-5H,1,6-7H2;1-2,5-6H,3-4,7-8H2;1-2,4-5H,3,6-7H2;4*4H,1-3H3;4*1-2H3;3*1H4. The Morgan fingerprint density at radius 3 is 0.836 bits per heavy atom. The number of hydrogen-bond donors (Lipinski definition) is 0. The van der Waals surface area contributed by atoms with Gasteiger partial charge in [0.1, 0.15) is 0 Å². The molecule has 1 nitrogen and oxygen atoms in total. The zero-order valence-corrected chi connectivity index (χ0v) is 46.1. The first-order valence-electron chi connectivity index (χ1n) is 26.1. The Morgan fingerprint density at radius 1 is 0.313 bits per heavy atom. The first-order valence-corrected chi connectivity index (χ1v) is 26.1. The minimum absolute atomic E-state index is 0.